The predicted octanol–water partition coefficient (Wildman–Crippen LogP) is 3.24. The Balaban J connectivity index is 1.50. The lowest BCUT2D eigenvalue weighted by Crippen LogP contribution is -2.32. The summed E-state index contributed by atoms with van der Waals surface area (Å²) in [4.78, 5) is 15.1. The number of nitrogens with two attached hydrogens (primary N) is 1. The Bertz CT molecular complexity index is 888. The number of aryl methyl sites for hydroxylation is 1. The highest BCUT2D eigenvalue weighted by Gasteiger charge is 2.35. The molecule has 5 nitrogen and oxygen atoms in total. The molecule has 3 heterocycles. The van der Waals surface area contributed by atoms with Gasteiger partial charge in [0.2, 0.25) is 0 Å². The summed E-state index contributed by atoms with van der Waals surface area (Å²) in [6.45, 7) is 7.60. The lowest BCUT2D eigenvalue weighted by atomic mass is 9.95. The van der Waals surface area contributed by atoms with E-state index < -0.39 is 0 Å². The van der Waals surface area contributed by atoms with E-state index in [0.29, 0.717) is 19.0 Å². The van der Waals surface area contributed by atoms with Crippen molar-refractivity contribution >= 4 is 5.91 Å². The van der Waals surface area contributed by atoms with Gasteiger partial charge in [0, 0.05) is 55.5 Å². The fourth-order valence-electron chi connectivity index (χ4n) is 4.76. The van der Waals surface area contributed by atoms with Gasteiger partial charge in [-0.15, -0.1) is 0 Å². The van der Waals surface area contributed by atoms with Crippen LogP contribution < -0.4 is 5.73 Å². The highest BCUT2D eigenvalue weighted by Crippen LogP contribution is 2.29. The highest BCUT2D eigenvalue weighted by atomic mass is 19.1. The van der Waals surface area contributed by atoms with Crippen LogP contribution in [0.5, 0.6) is 0 Å². The average Bonchev–Trinajstić information content (AvgIpc) is 3.23. The second-order valence-electron chi connectivity index (χ2n) is 8.51. The van der Waals surface area contributed by atoms with E-state index in [0.717, 1.165) is 55.1 Å². The first-order valence-electron chi connectivity index (χ1n) is 10.5. The number of amides is 1. The van der Waals surface area contributed by atoms with Crippen LogP contribution in [0, 0.1) is 25.6 Å². The van der Waals surface area contributed by atoms with Gasteiger partial charge in [0.1, 0.15) is 5.82 Å². The standard InChI is InChI=1S/C23H30FN3O2/c1-15-9-20(16(2)27(15)11-17-5-4-8-29-14-17)23(28)26-12-21(22(25)13-26)18-6-3-7-19(24)10-18/h3,6-7,9-10,17,21-22H,4-5,8,11-14,25H2,1-2H3/t17?,21-,22+/m0/s1. The van der Waals surface area contributed by atoms with E-state index in [1.807, 2.05) is 24.0 Å². The molecule has 0 bridgehead atoms. The van der Waals surface area contributed by atoms with Gasteiger partial charge < -0.3 is 19.9 Å². The maximum atomic E-state index is 13.6. The fourth-order valence-corrected chi connectivity index (χ4v) is 4.76. The van der Waals surface area contributed by atoms with E-state index in [4.69, 9.17) is 10.5 Å². The fraction of sp³-hybridized carbons (Fsp3) is 0.522. The summed E-state index contributed by atoms with van der Waals surface area (Å²) in [5.74, 6) is 0.194. The lowest BCUT2D eigenvalue weighted by Gasteiger charge is -2.24. The topological polar surface area (TPSA) is 60.5 Å². The van der Waals surface area contributed by atoms with Gasteiger partial charge >= 0.3 is 0 Å². The zero-order valence-corrected chi connectivity index (χ0v) is 17.2. The number of nitrogens with zero attached hydrogens (tertiary/aromatic N) is 2. The van der Waals surface area contributed by atoms with Crippen molar-refractivity contribution in [3.8, 4) is 0 Å². The molecule has 29 heavy (non-hydrogen) atoms. The number of hydrogen-bond donors (Lipinski definition) is 1. The largest absolute Gasteiger partial charge is 0.381 e. The molecule has 0 saturated carbocycles. The minimum Gasteiger partial charge on any atom is -0.381 e. The Morgan fingerprint density at radius 1 is 1.28 bits per heavy atom. The summed E-state index contributed by atoms with van der Waals surface area (Å²) in [6, 6.07) is 8.34. The number of benzene rings is 1. The normalized spacial score (nSPS) is 24.8. The van der Waals surface area contributed by atoms with Gasteiger partial charge in [-0.05, 0) is 50.5 Å². The van der Waals surface area contributed by atoms with Gasteiger partial charge in [-0.3, -0.25) is 4.79 Å². The van der Waals surface area contributed by atoms with Crippen LogP contribution in [-0.4, -0.2) is 47.7 Å². The van der Waals surface area contributed by atoms with Crippen molar-refractivity contribution in [1.29, 1.82) is 0 Å². The minimum atomic E-state index is -0.269. The van der Waals surface area contributed by atoms with Gasteiger partial charge in [-0.25, -0.2) is 4.39 Å². The number of halogens is 1. The van der Waals surface area contributed by atoms with Crippen molar-refractivity contribution in [3.05, 3.63) is 58.7 Å². The third kappa shape index (κ3) is 4.09. The molecule has 2 saturated heterocycles. The Morgan fingerprint density at radius 2 is 2.10 bits per heavy atom. The van der Waals surface area contributed by atoms with Gasteiger partial charge in [-0.2, -0.15) is 0 Å². The van der Waals surface area contributed by atoms with Crippen LogP contribution in [0.4, 0.5) is 4.39 Å². The molecular weight excluding hydrogens is 369 g/mol. The monoisotopic (exact) mass is 399 g/mol. The zero-order chi connectivity index (χ0) is 20.5. The van der Waals surface area contributed by atoms with Crippen LogP contribution in [0.1, 0.15) is 46.1 Å². The summed E-state index contributed by atoms with van der Waals surface area (Å²) in [5, 5.41) is 0. The molecule has 0 radical (unpaired) electrons. The molecule has 2 N–H and O–H groups in total. The molecule has 4 rings (SSSR count). The Hall–Kier alpha value is -2.18. The van der Waals surface area contributed by atoms with Crippen molar-refractivity contribution in [3.63, 3.8) is 0 Å². The SMILES string of the molecule is Cc1cc(C(=O)N2C[C@@H](N)[C@H](c3cccc(F)c3)C2)c(C)n1CC1CCCOC1. The average molecular weight is 400 g/mol. The molecule has 2 fully saturated rings. The highest BCUT2D eigenvalue weighted by molar-refractivity contribution is 5.96. The smallest absolute Gasteiger partial charge is 0.255 e. The summed E-state index contributed by atoms with van der Waals surface area (Å²) < 4.78 is 21.5. The first-order chi connectivity index (χ1) is 13.9. The maximum Gasteiger partial charge on any atom is 0.255 e. The zero-order valence-electron chi connectivity index (χ0n) is 17.2. The summed E-state index contributed by atoms with van der Waals surface area (Å²) in [6.07, 6.45) is 2.26. The maximum absolute atomic E-state index is 13.6. The predicted molar refractivity (Wildman–Crippen MR) is 110 cm³/mol. The number of ether oxygens (including phenoxy) is 1. The number of likely N-dealkylation sites (tertiary alicyclic amines) is 1. The van der Waals surface area contributed by atoms with Crippen LogP contribution in [0.3, 0.4) is 0 Å². The van der Waals surface area contributed by atoms with E-state index in [9.17, 15) is 9.18 Å². The van der Waals surface area contributed by atoms with Crippen LogP contribution in [0.15, 0.2) is 30.3 Å². The quantitative estimate of drug-likeness (QED) is 0.859. The van der Waals surface area contributed by atoms with Crippen LogP contribution in [-0.2, 0) is 11.3 Å². The molecule has 1 amide bonds. The van der Waals surface area contributed by atoms with E-state index in [2.05, 4.69) is 11.5 Å². The molecular formula is C23H30FN3O2. The molecule has 0 spiro atoms. The molecule has 0 aliphatic carbocycles. The number of hydrogen-bond acceptors (Lipinski definition) is 3. The second kappa shape index (κ2) is 8.28. The van der Waals surface area contributed by atoms with Gasteiger partial charge in [0.15, 0.2) is 0 Å². The molecule has 2 aliphatic rings. The molecule has 6 heteroatoms. The minimum absolute atomic E-state index is 0.0126. The van der Waals surface area contributed by atoms with Crippen LogP contribution in [0.2, 0.25) is 0 Å². The molecule has 156 valence electrons. The third-order valence-corrected chi connectivity index (χ3v) is 6.43. The summed E-state index contributed by atoms with van der Waals surface area (Å²) in [5.41, 5.74) is 10.0. The van der Waals surface area contributed by atoms with E-state index in [1.165, 1.54) is 12.1 Å². The second-order valence-corrected chi connectivity index (χ2v) is 8.51. The lowest BCUT2D eigenvalue weighted by molar-refractivity contribution is 0.0480. The Kier molecular flexibility index (Phi) is 5.74. The molecule has 1 unspecified atom stereocenters. The van der Waals surface area contributed by atoms with Crippen LogP contribution in [0.25, 0.3) is 0 Å². The number of rotatable bonds is 4. The Morgan fingerprint density at radius 3 is 2.83 bits per heavy atom. The molecule has 2 aliphatic heterocycles. The van der Waals surface area contributed by atoms with E-state index in [1.54, 1.807) is 6.07 Å². The van der Waals surface area contributed by atoms with Crippen molar-refractivity contribution in [2.45, 2.75) is 45.2 Å². The first kappa shape index (κ1) is 20.1. The number of carbonyl (C=O) groups is 1. The molecule has 2 aromatic rings. The molecule has 1 aromatic carbocycles. The number of aromatic nitrogens is 1. The van der Waals surface area contributed by atoms with Crippen molar-refractivity contribution < 1.29 is 13.9 Å². The van der Waals surface area contributed by atoms with Gasteiger partial charge in [0.25, 0.3) is 5.91 Å². The van der Waals surface area contributed by atoms with Crippen molar-refractivity contribution in [2.75, 3.05) is 26.3 Å². The van der Waals surface area contributed by atoms with Crippen molar-refractivity contribution in [2.24, 2.45) is 11.7 Å². The molecule has 1 aromatic heterocycles. The van der Waals surface area contributed by atoms with Crippen LogP contribution >= 0.6 is 0 Å². The third-order valence-electron chi connectivity index (χ3n) is 6.43. The van der Waals surface area contributed by atoms with Gasteiger partial charge in [0.05, 0.1) is 12.2 Å². The Labute approximate surface area is 171 Å². The van der Waals surface area contributed by atoms with Gasteiger partial charge in [-0.1, -0.05) is 12.1 Å². The number of carbonyl (C=O) groups excluding carboxylic acids is 1. The molecule has 3 atom stereocenters. The van der Waals surface area contributed by atoms with E-state index >= 15 is 0 Å². The van der Waals surface area contributed by atoms with Crippen molar-refractivity contribution in [1.82, 2.24) is 9.47 Å². The first-order valence-corrected chi connectivity index (χ1v) is 10.5. The summed E-state index contributed by atoms with van der Waals surface area (Å²) in [7, 11) is 0. The van der Waals surface area contributed by atoms with E-state index in [-0.39, 0.29) is 23.7 Å². The summed E-state index contributed by atoms with van der Waals surface area (Å²) >= 11 is 0.